The zero-order valence-corrected chi connectivity index (χ0v) is 48.7. The molecule has 2 aromatic heterocycles. The number of carbonyl (C=O) groups excluding carboxylic acids is 6. The fourth-order valence-corrected chi connectivity index (χ4v) is 7.54. The second-order valence-corrected chi connectivity index (χ2v) is 21.9. The van der Waals surface area contributed by atoms with Gasteiger partial charge in [0.05, 0.1) is 130 Å². The number of carbonyl (C=O) groups is 6. The smallest absolute Gasteiger partial charge is 0.246 e. The Labute approximate surface area is 471 Å². The summed E-state index contributed by atoms with van der Waals surface area (Å²) in [7, 11) is -3.47. The number of nitrogens with two attached hydrogens (primary N) is 1. The van der Waals surface area contributed by atoms with Gasteiger partial charge in [-0.15, -0.1) is 5.10 Å². The number of nitrogens with zero attached hydrogens (tertiary/aromatic N) is 5. The van der Waals surface area contributed by atoms with Gasteiger partial charge in [0.25, 0.3) is 0 Å². The zero-order valence-electron chi connectivity index (χ0n) is 47.8. The lowest BCUT2D eigenvalue weighted by Gasteiger charge is -2.28. The van der Waals surface area contributed by atoms with Gasteiger partial charge in [-0.3, -0.25) is 28.8 Å². The first-order valence-corrected chi connectivity index (χ1v) is 29.2. The van der Waals surface area contributed by atoms with Crippen LogP contribution in [0.15, 0.2) is 23.7 Å². The maximum atomic E-state index is 13.3. The standard InChI is InChI=1S/C54H88N8O17S/c1-42(2)47(52(68)59-48(51(67)54(3,4)5)15-10-11-16-49(55)65)35-46(64)41-79-40-45(63)14-12-19-71-21-23-73-25-27-75-29-31-77-33-34-78-32-30-76-28-26-74-24-22-72-20-18-62-39-44(60-61-62)38-56-50(66)17-9-7-8-13-43-36-57-53(58-37-43)80(6,69)70/h36-37,39,42,47-48H,7,9-12,14-35,38,40-41H2,1-6H3,(H2,55,65)(H,56,66)(H,59,68)/t47-,48-/m0/s1. The number of unbranched alkanes of at least 4 members (excludes halogenated alkanes) is 2. The monoisotopic (exact) mass is 1150 g/mol. The van der Waals surface area contributed by atoms with Gasteiger partial charge in [0, 0.05) is 68.7 Å². The Balaban J connectivity index is 1.32. The zero-order chi connectivity index (χ0) is 58.9. The largest absolute Gasteiger partial charge is 0.379 e. The van der Waals surface area contributed by atoms with Crippen LogP contribution in [0.5, 0.6) is 0 Å². The van der Waals surface area contributed by atoms with Crippen molar-refractivity contribution in [3.8, 4) is 11.8 Å². The van der Waals surface area contributed by atoms with Gasteiger partial charge in [-0.25, -0.2) is 23.1 Å². The summed E-state index contributed by atoms with van der Waals surface area (Å²) in [5.74, 6) is 3.34. The Morgan fingerprint density at radius 2 is 1.20 bits per heavy atom. The van der Waals surface area contributed by atoms with E-state index < -0.39 is 39.0 Å². The molecule has 0 unspecified atom stereocenters. The number of nitrogens with one attached hydrogen (secondary N) is 2. The molecule has 2 heterocycles. The molecule has 3 amide bonds. The van der Waals surface area contributed by atoms with Gasteiger partial charge in [0.15, 0.2) is 17.3 Å². The Morgan fingerprint density at radius 3 is 1.71 bits per heavy atom. The van der Waals surface area contributed by atoms with Gasteiger partial charge >= 0.3 is 0 Å². The number of hydrogen-bond acceptors (Lipinski definition) is 21. The highest BCUT2D eigenvalue weighted by Crippen LogP contribution is 2.22. The van der Waals surface area contributed by atoms with Crippen LogP contribution in [0.4, 0.5) is 0 Å². The van der Waals surface area contributed by atoms with E-state index in [4.69, 9.17) is 48.4 Å². The number of amides is 3. The molecule has 0 saturated heterocycles. The second kappa shape index (κ2) is 42.6. The van der Waals surface area contributed by atoms with E-state index >= 15 is 0 Å². The number of sulfone groups is 1. The van der Waals surface area contributed by atoms with Crippen molar-refractivity contribution in [2.45, 2.75) is 123 Å². The molecule has 2 rings (SSSR count). The van der Waals surface area contributed by atoms with Crippen molar-refractivity contribution in [1.82, 2.24) is 35.6 Å². The summed E-state index contributed by atoms with van der Waals surface area (Å²) in [4.78, 5) is 82.4. The van der Waals surface area contributed by atoms with E-state index in [2.05, 4.69) is 42.8 Å². The average molecular weight is 1150 g/mol. The molecule has 0 radical (unpaired) electrons. The highest BCUT2D eigenvalue weighted by Gasteiger charge is 2.33. The van der Waals surface area contributed by atoms with Crippen LogP contribution in [0, 0.1) is 29.1 Å². The molecule has 0 spiro atoms. The first-order chi connectivity index (χ1) is 38.3. The number of ketones is 3. The summed E-state index contributed by atoms with van der Waals surface area (Å²) < 4.78 is 74.2. The molecular formula is C54H88N8O17S. The molecule has 80 heavy (non-hydrogen) atoms. The summed E-state index contributed by atoms with van der Waals surface area (Å²) in [6.07, 6.45) is 9.02. The SMILES string of the molecule is CC(C)[C@H](CC(=O)COCC(=O)CCCOCCOCCOCCOCCOCCOCCOCCOCCn1cc(CNC(=O)CCCC#Cc2cnc(S(C)(=O)=O)nc2)nn1)C(=O)N[C@@H](CCCCC(N)=O)C(=O)C(C)(C)C. The molecule has 26 heteroatoms. The number of rotatable bonds is 49. The van der Waals surface area contributed by atoms with Crippen LogP contribution in [0.25, 0.3) is 0 Å². The molecule has 0 aliphatic heterocycles. The van der Waals surface area contributed by atoms with E-state index in [9.17, 15) is 37.2 Å². The number of aromatic nitrogens is 5. The van der Waals surface area contributed by atoms with Crippen LogP contribution in [0.3, 0.4) is 0 Å². The van der Waals surface area contributed by atoms with Crippen LogP contribution in [0.1, 0.15) is 110 Å². The Kier molecular flexibility index (Phi) is 37.8. The minimum Gasteiger partial charge on any atom is -0.379 e. The Bertz CT molecular complexity index is 2270. The molecular weight excluding hydrogens is 1060 g/mol. The maximum absolute atomic E-state index is 13.3. The van der Waals surface area contributed by atoms with E-state index in [0.717, 1.165) is 6.26 Å². The minimum absolute atomic E-state index is 0.0902. The minimum atomic E-state index is -3.47. The van der Waals surface area contributed by atoms with Gasteiger partial charge in [-0.05, 0) is 31.6 Å². The molecule has 452 valence electrons. The molecule has 2 atom stereocenters. The van der Waals surface area contributed by atoms with Crippen LogP contribution in [-0.4, -0.2) is 200 Å². The summed E-state index contributed by atoms with van der Waals surface area (Å²) in [6.45, 7) is 15.8. The van der Waals surface area contributed by atoms with E-state index in [0.29, 0.717) is 168 Å². The van der Waals surface area contributed by atoms with E-state index in [1.807, 2.05) is 13.8 Å². The quantitative estimate of drug-likeness (QED) is 0.0486. The highest BCUT2D eigenvalue weighted by molar-refractivity contribution is 7.90. The summed E-state index contributed by atoms with van der Waals surface area (Å²) in [5, 5.41) is 13.6. The van der Waals surface area contributed by atoms with E-state index in [-0.39, 0.29) is 73.4 Å². The van der Waals surface area contributed by atoms with Crippen LogP contribution >= 0.6 is 0 Å². The fourth-order valence-electron chi connectivity index (χ4n) is 7.06. The lowest BCUT2D eigenvalue weighted by molar-refractivity contribution is -0.137. The molecule has 25 nitrogen and oxygen atoms in total. The van der Waals surface area contributed by atoms with Crippen molar-refractivity contribution in [3.63, 3.8) is 0 Å². The molecule has 0 aliphatic rings. The first kappa shape index (κ1) is 70.9. The molecule has 4 N–H and O–H groups in total. The number of hydrogen-bond donors (Lipinski definition) is 3. The Morgan fingerprint density at radius 1 is 0.675 bits per heavy atom. The van der Waals surface area contributed by atoms with Crippen LogP contribution in [-0.2, 0) is 94.3 Å². The third-order valence-corrected chi connectivity index (χ3v) is 12.3. The van der Waals surface area contributed by atoms with Crippen molar-refractivity contribution in [3.05, 3.63) is 29.8 Å². The third kappa shape index (κ3) is 36.2. The maximum Gasteiger partial charge on any atom is 0.246 e. The molecule has 0 fully saturated rings. The fraction of sp³-hybridized carbons (Fsp3) is 0.741. The molecule has 0 aromatic carbocycles. The predicted octanol–water partition coefficient (Wildman–Crippen LogP) is 2.19. The lowest BCUT2D eigenvalue weighted by atomic mass is 9.83. The van der Waals surface area contributed by atoms with E-state index in [1.54, 1.807) is 31.6 Å². The topological polar surface area (TPSA) is 326 Å². The van der Waals surface area contributed by atoms with Gasteiger partial charge in [-0.2, -0.15) is 0 Å². The normalized spacial score (nSPS) is 12.4. The van der Waals surface area contributed by atoms with Gasteiger partial charge < -0.3 is 59.0 Å². The van der Waals surface area contributed by atoms with Crippen LogP contribution < -0.4 is 16.4 Å². The van der Waals surface area contributed by atoms with Crippen molar-refractivity contribution in [2.75, 3.05) is 125 Å². The van der Waals surface area contributed by atoms with E-state index in [1.165, 1.54) is 12.4 Å². The van der Waals surface area contributed by atoms with Crippen LogP contribution in [0.2, 0.25) is 0 Å². The van der Waals surface area contributed by atoms with Crippen molar-refractivity contribution < 1.29 is 79.8 Å². The number of primary amides is 1. The summed E-state index contributed by atoms with van der Waals surface area (Å²) in [5.41, 5.74) is 5.65. The van der Waals surface area contributed by atoms with Gasteiger partial charge in [0.1, 0.15) is 18.9 Å². The Hall–Kier alpha value is -5.21. The van der Waals surface area contributed by atoms with Crippen molar-refractivity contribution in [1.29, 1.82) is 0 Å². The number of Topliss-reactive ketones (excluding diaryl/α,β-unsaturated/α-hetero) is 3. The van der Waals surface area contributed by atoms with Gasteiger partial charge in [-0.1, -0.05) is 58.1 Å². The second-order valence-electron chi connectivity index (χ2n) is 19.9. The molecule has 2 aromatic rings. The molecule has 0 saturated carbocycles. The average Bonchev–Trinajstić information content (AvgIpc) is 3.89. The first-order valence-electron chi connectivity index (χ1n) is 27.3. The summed E-state index contributed by atoms with van der Waals surface area (Å²) in [6, 6.07) is -0.754. The van der Waals surface area contributed by atoms with Crippen molar-refractivity contribution in [2.24, 2.45) is 23.0 Å². The third-order valence-electron chi connectivity index (χ3n) is 11.4. The van der Waals surface area contributed by atoms with Gasteiger partial charge in [0.2, 0.25) is 32.7 Å². The summed E-state index contributed by atoms with van der Waals surface area (Å²) >= 11 is 0. The molecule has 0 aliphatic carbocycles. The predicted molar refractivity (Wildman–Crippen MR) is 291 cm³/mol. The van der Waals surface area contributed by atoms with Crippen molar-refractivity contribution >= 4 is 44.9 Å². The lowest BCUT2D eigenvalue weighted by Crippen LogP contribution is -2.48. The highest BCUT2D eigenvalue weighted by atomic mass is 32.2. The number of ether oxygens (including phenoxy) is 9. The molecule has 0 bridgehead atoms.